The predicted octanol–water partition coefficient (Wildman–Crippen LogP) is 2.71. The van der Waals surface area contributed by atoms with Gasteiger partial charge in [0.15, 0.2) is 11.5 Å². The molecule has 0 spiro atoms. The minimum atomic E-state index is -2.97. The molecule has 3 nitrogen and oxygen atoms in total. The SMILES string of the molecule is COc1cc(CCCN)cc(C(C)(F)F)c1OC. The summed E-state index contributed by atoms with van der Waals surface area (Å²) in [6.07, 6.45) is 1.38. The Bertz CT molecular complexity index is 403. The van der Waals surface area contributed by atoms with Gasteiger partial charge in [-0.25, -0.2) is 8.78 Å². The zero-order valence-electron chi connectivity index (χ0n) is 10.9. The summed E-state index contributed by atoms with van der Waals surface area (Å²) in [5.74, 6) is -2.57. The molecular formula is C13H19F2NO2. The molecule has 0 atom stereocenters. The molecule has 1 aromatic carbocycles. The van der Waals surface area contributed by atoms with E-state index in [1.165, 1.54) is 20.3 Å². The van der Waals surface area contributed by atoms with Gasteiger partial charge in [0.25, 0.3) is 5.92 Å². The van der Waals surface area contributed by atoms with Crippen LogP contribution in [0.15, 0.2) is 12.1 Å². The molecule has 5 heteroatoms. The highest BCUT2D eigenvalue weighted by atomic mass is 19.3. The molecule has 0 aliphatic heterocycles. The molecule has 0 bridgehead atoms. The number of benzene rings is 1. The van der Waals surface area contributed by atoms with Gasteiger partial charge in [0, 0.05) is 6.92 Å². The van der Waals surface area contributed by atoms with Crippen LogP contribution in [0.2, 0.25) is 0 Å². The van der Waals surface area contributed by atoms with E-state index in [2.05, 4.69) is 0 Å². The van der Waals surface area contributed by atoms with Crippen LogP contribution in [-0.4, -0.2) is 20.8 Å². The summed E-state index contributed by atoms with van der Waals surface area (Å²) in [5.41, 5.74) is 6.04. The van der Waals surface area contributed by atoms with Gasteiger partial charge in [-0.2, -0.15) is 0 Å². The summed E-state index contributed by atoms with van der Waals surface area (Å²) in [6.45, 7) is 1.36. The monoisotopic (exact) mass is 259 g/mol. The van der Waals surface area contributed by atoms with Gasteiger partial charge in [0.1, 0.15) is 0 Å². The predicted molar refractivity (Wildman–Crippen MR) is 66.5 cm³/mol. The normalized spacial score (nSPS) is 11.4. The van der Waals surface area contributed by atoms with Crippen LogP contribution < -0.4 is 15.2 Å². The largest absolute Gasteiger partial charge is 0.493 e. The van der Waals surface area contributed by atoms with Crippen LogP contribution in [0.4, 0.5) is 8.78 Å². The zero-order chi connectivity index (χ0) is 13.8. The van der Waals surface area contributed by atoms with Crippen LogP contribution in [-0.2, 0) is 12.3 Å². The number of halogens is 2. The molecule has 2 N–H and O–H groups in total. The molecule has 1 aromatic rings. The molecule has 0 aromatic heterocycles. The lowest BCUT2D eigenvalue weighted by atomic mass is 10.0. The maximum atomic E-state index is 13.6. The fourth-order valence-electron chi connectivity index (χ4n) is 1.80. The second-order valence-corrected chi connectivity index (χ2v) is 4.16. The highest BCUT2D eigenvalue weighted by Gasteiger charge is 2.31. The molecule has 0 aliphatic rings. The maximum Gasteiger partial charge on any atom is 0.274 e. The van der Waals surface area contributed by atoms with Crippen molar-refractivity contribution < 1.29 is 18.3 Å². The zero-order valence-corrected chi connectivity index (χ0v) is 10.9. The van der Waals surface area contributed by atoms with Crippen LogP contribution in [0.5, 0.6) is 11.5 Å². The van der Waals surface area contributed by atoms with Gasteiger partial charge in [-0.15, -0.1) is 0 Å². The van der Waals surface area contributed by atoms with E-state index < -0.39 is 5.92 Å². The first-order chi connectivity index (χ1) is 8.43. The number of ether oxygens (including phenoxy) is 2. The van der Waals surface area contributed by atoms with E-state index in [0.717, 1.165) is 18.9 Å². The van der Waals surface area contributed by atoms with Crippen LogP contribution >= 0.6 is 0 Å². The van der Waals surface area contributed by atoms with E-state index >= 15 is 0 Å². The lowest BCUT2D eigenvalue weighted by molar-refractivity contribution is 0.0146. The van der Waals surface area contributed by atoms with Gasteiger partial charge in [-0.05, 0) is 37.1 Å². The maximum absolute atomic E-state index is 13.6. The fraction of sp³-hybridized carbons (Fsp3) is 0.538. The molecule has 1 rings (SSSR count). The van der Waals surface area contributed by atoms with Gasteiger partial charge >= 0.3 is 0 Å². The first-order valence-corrected chi connectivity index (χ1v) is 5.77. The molecule has 18 heavy (non-hydrogen) atoms. The third-order valence-corrected chi connectivity index (χ3v) is 2.68. The molecule has 0 saturated carbocycles. The minimum Gasteiger partial charge on any atom is -0.493 e. The average Bonchev–Trinajstić information content (AvgIpc) is 2.33. The van der Waals surface area contributed by atoms with E-state index in [0.29, 0.717) is 18.7 Å². The van der Waals surface area contributed by atoms with Crippen molar-refractivity contribution in [3.63, 3.8) is 0 Å². The highest BCUT2D eigenvalue weighted by Crippen LogP contribution is 2.41. The smallest absolute Gasteiger partial charge is 0.274 e. The molecule has 0 fully saturated rings. The van der Waals surface area contributed by atoms with E-state index in [1.54, 1.807) is 6.07 Å². The Labute approximate surface area is 106 Å². The van der Waals surface area contributed by atoms with Crippen LogP contribution in [0.25, 0.3) is 0 Å². The third-order valence-electron chi connectivity index (χ3n) is 2.68. The standard InChI is InChI=1S/C13H19F2NO2/c1-13(14,15)10-7-9(5-4-6-16)8-11(17-2)12(10)18-3/h7-8H,4-6,16H2,1-3H3. The second-order valence-electron chi connectivity index (χ2n) is 4.16. The number of nitrogens with two attached hydrogens (primary N) is 1. The molecule has 0 heterocycles. The summed E-state index contributed by atoms with van der Waals surface area (Å²) >= 11 is 0. The molecule has 0 aliphatic carbocycles. The summed E-state index contributed by atoms with van der Waals surface area (Å²) in [6, 6.07) is 3.17. The van der Waals surface area contributed by atoms with E-state index in [-0.39, 0.29) is 11.3 Å². The van der Waals surface area contributed by atoms with Crippen molar-refractivity contribution in [3.05, 3.63) is 23.3 Å². The van der Waals surface area contributed by atoms with Crippen molar-refractivity contribution >= 4 is 0 Å². The van der Waals surface area contributed by atoms with Crippen LogP contribution in [0.3, 0.4) is 0 Å². The fourth-order valence-corrected chi connectivity index (χ4v) is 1.80. The van der Waals surface area contributed by atoms with Gasteiger partial charge < -0.3 is 15.2 Å². The lowest BCUT2D eigenvalue weighted by Crippen LogP contribution is -2.11. The van der Waals surface area contributed by atoms with Crippen molar-refractivity contribution in [2.45, 2.75) is 25.7 Å². The van der Waals surface area contributed by atoms with E-state index in [1.807, 2.05) is 0 Å². The first-order valence-electron chi connectivity index (χ1n) is 5.77. The Morgan fingerprint density at radius 3 is 2.33 bits per heavy atom. The van der Waals surface area contributed by atoms with Crippen molar-refractivity contribution in [2.24, 2.45) is 5.73 Å². The number of methoxy groups -OCH3 is 2. The number of aryl methyl sites for hydroxylation is 1. The van der Waals surface area contributed by atoms with Gasteiger partial charge in [0.05, 0.1) is 19.8 Å². The highest BCUT2D eigenvalue weighted by molar-refractivity contribution is 5.51. The van der Waals surface area contributed by atoms with Crippen molar-refractivity contribution in [3.8, 4) is 11.5 Å². The molecule has 0 unspecified atom stereocenters. The molecule has 0 amide bonds. The Morgan fingerprint density at radius 1 is 1.22 bits per heavy atom. The summed E-state index contributed by atoms with van der Waals surface area (Å²) in [7, 11) is 2.79. The van der Waals surface area contributed by atoms with Gasteiger partial charge in [-0.1, -0.05) is 0 Å². The molecule has 102 valence electrons. The Morgan fingerprint density at radius 2 is 1.89 bits per heavy atom. The van der Waals surface area contributed by atoms with Crippen LogP contribution in [0, 0.1) is 0 Å². The number of hydrogen-bond acceptors (Lipinski definition) is 3. The number of rotatable bonds is 6. The van der Waals surface area contributed by atoms with Gasteiger partial charge in [-0.3, -0.25) is 0 Å². The summed E-state index contributed by atoms with van der Waals surface area (Å²) in [5, 5.41) is 0. The van der Waals surface area contributed by atoms with Crippen LogP contribution in [0.1, 0.15) is 24.5 Å². The van der Waals surface area contributed by atoms with E-state index in [4.69, 9.17) is 15.2 Å². The first kappa shape index (κ1) is 14.7. The number of alkyl halides is 2. The van der Waals surface area contributed by atoms with Gasteiger partial charge in [0.2, 0.25) is 0 Å². The number of hydrogen-bond donors (Lipinski definition) is 1. The topological polar surface area (TPSA) is 44.5 Å². The van der Waals surface area contributed by atoms with Crippen molar-refractivity contribution in [1.29, 1.82) is 0 Å². The summed E-state index contributed by atoms with van der Waals surface area (Å²) < 4.78 is 37.2. The molecule has 0 saturated heterocycles. The lowest BCUT2D eigenvalue weighted by Gasteiger charge is -2.19. The minimum absolute atomic E-state index is 0.0847. The Hall–Kier alpha value is -1.36. The molecular weight excluding hydrogens is 240 g/mol. The average molecular weight is 259 g/mol. The Kier molecular flexibility index (Phi) is 4.90. The van der Waals surface area contributed by atoms with Crippen molar-refractivity contribution in [2.75, 3.05) is 20.8 Å². The van der Waals surface area contributed by atoms with E-state index in [9.17, 15) is 8.78 Å². The summed E-state index contributed by atoms with van der Waals surface area (Å²) in [4.78, 5) is 0. The third kappa shape index (κ3) is 3.32. The molecule has 0 radical (unpaired) electrons. The quantitative estimate of drug-likeness (QED) is 0.854. The van der Waals surface area contributed by atoms with Crippen molar-refractivity contribution in [1.82, 2.24) is 0 Å². The second kappa shape index (κ2) is 6.00. The Balaban J connectivity index is 3.27.